The molecule has 0 radical (unpaired) electrons. The largest absolute Gasteiger partial charge is 0.375 e. The van der Waals surface area contributed by atoms with Crippen LogP contribution in [0.5, 0.6) is 0 Å². The number of para-hydroxylation sites is 1. The molecule has 2 heterocycles. The van der Waals surface area contributed by atoms with Crippen LogP contribution in [0.3, 0.4) is 0 Å². The molecule has 3 rings (SSSR count). The zero-order chi connectivity index (χ0) is 11.7. The molecule has 1 aromatic carbocycles. The minimum absolute atomic E-state index is 0.576. The fourth-order valence-corrected chi connectivity index (χ4v) is 2.25. The Morgan fingerprint density at radius 2 is 1.94 bits per heavy atom. The summed E-state index contributed by atoms with van der Waals surface area (Å²) in [4.78, 5) is 5.07. The van der Waals surface area contributed by atoms with E-state index in [-0.39, 0.29) is 0 Å². The van der Waals surface area contributed by atoms with Crippen LogP contribution in [0, 0.1) is 0 Å². The van der Waals surface area contributed by atoms with E-state index in [9.17, 15) is 0 Å². The maximum Gasteiger partial charge on any atom is 0.180 e. The first-order valence-electron chi connectivity index (χ1n) is 5.15. The smallest absolute Gasteiger partial charge is 0.180 e. The summed E-state index contributed by atoms with van der Waals surface area (Å²) in [5, 5.41) is 4.90. The van der Waals surface area contributed by atoms with Gasteiger partial charge in [-0.25, -0.2) is 9.67 Å². The van der Waals surface area contributed by atoms with Gasteiger partial charge in [-0.05, 0) is 12.1 Å². The van der Waals surface area contributed by atoms with Crippen LogP contribution in [0.1, 0.15) is 0 Å². The number of rotatable bonds is 2. The molecule has 0 unspecified atom stereocenters. The average Bonchev–Trinajstić information content (AvgIpc) is 2.98. The summed E-state index contributed by atoms with van der Waals surface area (Å²) in [5.41, 5.74) is 7.68. The first-order valence-corrected chi connectivity index (χ1v) is 5.96. The third-order valence-electron chi connectivity index (χ3n) is 2.41. The molecule has 4 nitrogen and oxygen atoms in total. The molecular formula is C12H10N4S. The van der Waals surface area contributed by atoms with Crippen LogP contribution in [-0.4, -0.2) is 14.8 Å². The average molecular weight is 242 g/mol. The minimum Gasteiger partial charge on any atom is -0.375 e. The van der Waals surface area contributed by atoms with E-state index in [1.54, 1.807) is 6.20 Å². The minimum atomic E-state index is 0.576. The summed E-state index contributed by atoms with van der Waals surface area (Å²) in [5.74, 6) is 0. The summed E-state index contributed by atoms with van der Waals surface area (Å²) >= 11 is 1.46. The molecule has 0 saturated heterocycles. The summed E-state index contributed by atoms with van der Waals surface area (Å²) < 4.78 is 1.84. The highest BCUT2D eigenvalue weighted by Gasteiger charge is 2.05. The van der Waals surface area contributed by atoms with Crippen molar-refractivity contribution in [2.24, 2.45) is 0 Å². The lowest BCUT2D eigenvalue weighted by atomic mass is 10.3. The molecule has 3 aromatic rings. The van der Waals surface area contributed by atoms with Gasteiger partial charge in [0, 0.05) is 18.0 Å². The lowest BCUT2D eigenvalue weighted by molar-refractivity contribution is 0.881. The van der Waals surface area contributed by atoms with Crippen molar-refractivity contribution in [3.63, 3.8) is 0 Å². The number of thiazole rings is 1. The van der Waals surface area contributed by atoms with Gasteiger partial charge in [-0.15, -0.1) is 0 Å². The van der Waals surface area contributed by atoms with Crippen molar-refractivity contribution in [1.29, 1.82) is 0 Å². The van der Waals surface area contributed by atoms with Crippen LogP contribution in [0.2, 0.25) is 0 Å². The molecule has 0 spiro atoms. The Kier molecular flexibility index (Phi) is 2.38. The van der Waals surface area contributed by atoms with Crippen LogP contribution < -0.4 is 5.73 Å². The SMILES string of the molecule is Nc1ncc(-c2cnn(-c3ccccc3)c2)s1. The Labute approximate surface area is 102 Å². The maximum atomic E-state index is 5.61. The molecule has 0 aliphatic carbocycles. The lowest BCUT2D eigenvalue weighted by Crippen LogP contribution is -1.92. The molecule has 0 fully saturated rings. The van der Waals surface area contributed by atoms with Crippen LogP contribution in [0.15, 0.2) is 48.9 Å². The Morgan fingerprint density at radius 1 is 1.12 bits per heavy atom. The van der Waals surface area contributed by atoms with Crippen LogP contribution >= 0.6 is 11.3 Å². The number of nitrogens with two attached hydrogens (primary N) is 1. The number of nitrogens with zero attached hydrogens (tertiary/aromatic N) is 3. The summed E-state index contributed by atoms with van der Waals surface area (Å²) in [7, 11) is 0. The Morgan fingerprint density at radius 3 is 2.65 bits per heavy atom. The van der Waals surface area contributed by atoms with Gasteiger partial charge >= 0.3 is 0 Å². The van der Waals surface area contributed by atoms with Gasteiger partial charge in [0.1, 0.15) is 0 Å². The fraction of sp³-hybridized carbons (Fsp3) is 0. The number of nitrogen functional groups attached to an aromatic ring is 1. The summed E-state index contributed by atoms with van der Waals surface area (Å²) in [6, 6.07) is 9.98. The first-order chi connectivity index (χ1) is 8.33. The molecule has 0 bridgehead atoms. The van der Waals surface area contributed by atoms with Gasteiger partial charge in [0.05, 0.1) is 16.8 Å². The molecule has 0 saturated carbocycles. The van der Waals surface area contributed by atoms with E-state index in [1.807, 2.05) is 47.4 Å². The second kappa shape index (κ2) is 4.03. The summed E-state index contributed by atoms with van der Waals surface area (Å²) in [6.45, 7) is 0. The van der Waals surface area contributed by atoms with E-state index >= 15 is 0 Å². The van der Waals surface area contributed by atoms with Crippen LogP contribution in [0.4, 0.5) is 5.13 Å². The molecule has 2 aromatic heterocycles. The zero-order valence-electron chi connectivity index (χ0n) is 8.95. The van der Waals surface area contributed by atoms with Gasteiger partial charge in [0.15, 0.2) is 5.13 Å². The van der Waals surface area contributed by atoms with Crippen LogP contribution in [0.25, 0.3) is 16.1 Å². The molecule has 5 heteroatoms. The molecule has 17 heavy (non-hydrogen) atoms. The maximum absolute atomic E-state index is 5.61. The monoisotopic (exact) mass is 242 g/mol. The highest BCUT2D eigenvalue weighted by molar-refractivity contribution is 7.18. The van der Waals surface area contributed by atoms with E-state index < -0.39 is 0 Å². The molecule has 0 atom stereocenters. The predicted octanol–water partition coefficient (Wildman–Crippen LogP) is 2.58. The fourth-order valence-electron chi connectivity index (χ4n) is 1.59. The van der Waals surface area contributed by atoms with Gasteiger partial charge in [-0.1, -0.05) is 29.5 Å². The highest BCUT2D eigenvalue weighted by atomic mass is 32.1. The molecule has 84 valence electrons. The molecule has 0 aliphatic rings. The highest BCUT2D eigenvalue weighted by Crippen LogP contribution is 2.27. The van der Waals surface area contributed by atoms with E-state index in [0.29, 0.717) is 5.13 Å². The van der Waals surface area contributed by atoms with E-state index in [0.717, 1.165) is 16.1 Å². The number of benzene rings is 1. The first kappa shape index (κ1) is 10.0. The predicted molar refractivity (Wildman–Crippen MR) is 69.1 cm³/mol. The van der Waals surface area contributed by atoms with Crippen molar-refractivity contribution in [1.82, 2.24) is 14.8 Å². The Balaban J connectivity index is 1.99. The second-order valence-electron chi connectivity index (χ2n) is 3.57. The normalized spacial score (nSPS) is 10.6. The number of hydrogen-bond donors (Lipinski definition) is 1. The van der Waals surface area contributed by atoms with Crippen molar-refractivity contribution >= 4 is 16.5 Å². The molecule has 2 N–H and O–H groups in total. The Hall–Kier alpha value is -2.14. The van der Waals surface area contributed by atoms with Gasteiger partial charge in [0.25, 0.3) is 0 Å². The van der Waals surface area contributed by atoms with Crippen molar-refractivity contribution in [3.05, 3.63) is 48.9 Å². The standard InChI is InChI=1S/C12H10N4S/c13-12-14-7-11(17-12)9-6-15-16(8-9)10-4-2-1-3-5-10/h1-8H,(H2,13,14). The van der Waals surface area contributed by atoms with Crippen molar-refractivity contribution in [3.8, 4) is 16.1 Å². The topological polar surface area (TPSA) is 56.7 Å². The van der Waals surface area contributed by atoms with E-state index in [1.165, 1.54) is 11.3 Å². The number of aromatic nitrogens is 3. The summed E-state index contributed by atoms with van der Waals surface area (Å²) in [6.07, 6.45) is 5.56. The lowest BCUT2D eigenvalue weighted by Gasteiger charge is -1.98. The van der Waals surface area contributed by atoms with E-state index in [4.69, 9.17) is 5.73 Å². The van der Waals surface area contributed by atoms with Gasteiger partial charge < -0.3 is 5.73 Å². The number of hydrogen-bond acceptors (Lipinski definition) is 4. The second-order valence-corrected chi connectivity index (χ2v) is 4.63. The molecular weight excluding hydrogens is 232 g/mol. The van der Waals surface area contributed by atoms with Gasteiger partial charge in [-0.3, -0.25) is 0 Å². The molecule has 0 amide bonds. The van der Waals surface area contributed by atoms with Crippen molar-refractivity contribution in [2.75, 3.05) is 5.73 Å². The third-order valence-corrected chi connectivity index (χ3v) is 3.29. The zero-order valence-corrected chi connectivity index (χ0v) is 9.76. The number of anilines is 1. The molecule has 0 aliphatic heterocycles. The van der Waals surface area contributed by atoms with Crippen LogP contribution in [-0.2, 0) is 0 Å². The van der Waals surface area contributed by atoms with E-state index in [2.05, 4.69) is 10.1 Å². The quantitative estimate of drug-likeness (QED) is 0.751. The third kappa shape index (κ3) is 1.92. The van der Waals surface area contributed by atoms with Gasteiger partial charge in [-0.2, -0.15) is 5.10 Å². The van der Waals surface area contributed by atoms with Crippen molar-refractivity contribution < 1.29 is 0 Å². The Bertz CT molecular complexity index is 627. The van der Waals surface area contributed by atoms with Gasteiger partial charge in [0.2, 0.25) is 0 Å². The van der Waals surface area contributed by atoms with Crippen molar-refractivity contribution in [2.45, 2.75) is 0 Å².